The number of hydrogen-bond acceptors (Lipinski definition) is 2. The van der Waals surface area contributed by atoms with E-state index in [1.54, 1.807) is 7.11 Å². The monoisotopic (exact) mass is 165 g/mol. The highest BCUT2D eigenvalue weighted by atomic mass is 16.5. The fraction of sp³-hybridized carbons (Fsp3) is 0.400. The van der Waals surface area contributed by atoms with Crippen LogP contribution in [0.15, 0.2) is 12.1 Å². The zero-order chi connectivity index (χ0) is 9.14. The van der Waals surface area contributed by atoms with Gasteiger partial charge in [0.1, 0.15) is 0 Å². The van der Waals surface area contributed by atoms with Crippen molar-refractivity contribution >= 4 is 5.69 Å². The molecule has 66 valence electrons. The van der Waals surface area contributed by atoms with Gasteiger partial charge in [-0.05, 0) is 30.5 Å². The Morgan fingerprint density at radius 3 is 2.17 bits per heavy atom. The van der Waals surface area contributed by atoms with Gasteiger partial charge in [-0.3, -0.25) is 0 Å². The van der Waals surface area contributed by atoms with Gasteiger partial charge in [-0.15, -0.1) is 0 Å². The van der Waals surface area contributed by atoms with E-state index >= 15 is 0 Å². The molecule has 1 aromatic carbocycles. The number of nitrogen functional groups attached to an aromatic ring is 1. The number of benzene rings is 1. The van der Waals surface area contributed by atoms with Crippen molar-refractivity contribution < 1.29 is 4.74 Å². The first-order chi connectivity index (χ1) is 5.65. The maximum absolute atomic E-state index is 5.81. The molecule has 0 atom stereocenters. The number of hydrogen-bond donors (Lipinski definition) is 1. The highest BCUT2D eigenvalue weighted by Crippen LogP contribution is 2.18. The Kier molecular flexibility index (Phi) is 2.71. The molecule has 0 spiro atoms. The summed E-state index contributed by atoms with van der Waals surface area (Å²) in [6, 6.07) is 4.12. The van der Waals surface area contributed by atoms with Crippen molar-refractivity contribution in [1.82, 2.24) is 0 Å². The standard InChI is InChI=1S/C10H15NO/c1-7-4-9(6-12-3)5-8(2)10(7)11/h4-5H,6,11H2,1-3H3. The maximum Gasteiger partial charge on any atom is 0.0713 e. The van der Waals surface area contributed by atoms with Gasteiger partial charge in [0.25, 0.3) is 0 Å². The summed E-state index contributed by atoms with van der Waals surface area (Å²) in [5.41, 5.74) is 10.1. The average molecular weight is 165 g/mol. The van der Waals surface area contributed by atoms with Crippen molar-refractivity contribution in [3.8, 4) is 0 Å². The lowest BCUT2D eigenvalue weighted by Gasteiger charge is -2.07. The molecule has 0 amide bonds. The summed E-state index contributed by atoms with van der Waals surface area (Å²) in [6.07, 6.45) is 0. The molecular weight excluding hydrogens is 150 g/mol. The quantitative estimate of drug-likeness (QED) is 0.680. The van der Waals surface area contributed by atoms with Gasteiger partial charge in [-0.2, -0.15) is 0 Å². The summed E-state index contributed by atoms with van der Waals surface area (Å²) in [7, 11) is 1.70. The Balaban J connectivity index is 3.04. The summed E-state index contributed by atoms with van der Waals surface area (Å²) in [4.78, 5) is 0. The number of rotatable bonds is 2. The van der Waals surface area contributed by atoms with Crippen LogP contribution in [-0.2, 0) is 11.3 Å². The van der Waals surface area contributed by atoms with E-state index in [0.29, 0.717) is 6.61 Å². The molecular formula is C10H15NO. The summed E-state index contributed by atoms with van der Waals surface area (Å²) in [5.74, 6) is 0. The van der Waals surface area contributed by atoms with Crippen LogP contribution in [0.3, 0.4) is 0 Å². The number of nitrogens with two attached hydrogens (primary N) is 1. The minimum Gasteiger partial charge on any atom is -0.398 e. The second kappa shape index (κ2) is 3.59. The van der Waals surface area contributed by atoms with Crippen LogP contribution in [-0.4, -0.2) is 7.11 Å². The molecule has 2 N–H and O–H groups in total. The third kappa shape index (κ3) is 1.77. The molecule has 0 aliphatic heterocycles. The SMILES string of the molecule is COCc1cc(C)c(N)c(C)c1. The van der Waals surface area contributed by atoms with Crippen LogP contribution in [0.4, 0.5) is 5.69 Å². The van der Waals surface area contributed by atoms with Gasteiger partial charge in [-0.1, -0.05) is 12.1 Å². The number of anilines is 1. The lowest BCUT2D eigenvalue weighted by atomic mass is 10.1. The predicted molar refractivity (Wildman–Crippen MR) is 51.0 cm³/mol. The fourth-order valence-electron chi connectivity index (χ4n) is 1.31. The van der Waals surface area contributed by atoms with Crippen molar-refractivity contribution in [2.75, 3.05) is 12.8 Å². The summed E-state index contributed by atoms with van der Waals surface area (Å²) in [5, 5.41) is 0. The molecule has 0 saturated heterocycles. The molecule has 0 heterocycles. The molecule has 0 aromatic heterocycles. The van der Waals surface area contributed by atoms with Crippen LogP contribution in [0.5, 0.6) is 0 Å². The van der Waals surface area contributed by atoms with Gasteiger partial charge in [0.15, 0.2) is 0 Å². The topological polar surface area (TPSA) is 35.2 Å². The zero-order valence-corrected chi connectivity index (χ0v) is 7.85. The van der Waals surface area contributed by atoms with E-state index in [1.807, 2.05) is 13.8 Å². The predicted octanol–water partition coefficient (Wildman–Crippen LogP) is 2.03. The Morgan fingerprint density at radius 2 is 1.75 bits per heavy atom. The van der Waals surface area contributed by atoms with Crippen LogP contribution in [0.1, 0.15) is 16.7 Å². The highest BCUT2D eigenvalue weighted by molar-refractivity contribution is 5.54. The van der Waals surface area contributed by atoms with Crippen LogP contribution in [0, 0.1) is 13.8 Å². The molecule has 0 bridgehead atoms. The third-order valence-electron chi connectivity index (χ3n) is 1.96. The Morgan fingerprint density at radius 1 is 1.25 bits per heavy atom. The van der Waals surface area contributed by atoms with E-state index in [1.165, 1.54) is 5.56 Å². The largest absolute Gasteiger partial charge is 0.398 e. The number of ether oxygens (including phenoxy) is 1. The zero-order valence-electron chi connectivity index (χ0n) is 7.85. The van der Waals surface area contributed by atoms with E-state index in [2.05, 4.69) is 12.1 Å². The van der Waals surface area contributed by atoms with Crippen LogP contribution in [0.2, 0.25) is 0 Å². The van der Waals surface area contributed by atoms with Crippen molar-refractivity contribution in [3.05, 3.63) is 28.8 Å². The molecule has 0 radical (unpaired) electrons. The summed E-state index contributed by atoms with van der Waals surface area (Å²) in [6.45, 7) is 4.69. The van der Waals surface area contributed by atoms with Crippen LogP contribution < -0.4 is 5.73 Å². The Hall–Kier alpha value is -1.02. The van der Waals surface area contributed by atoms with E-state index in [0.717, 1.165) is 16.8 Å². The van der Waals surface area contributed by atoms with E-state index in [-0.39, 0.29) is 0 Å². The Labute approximate surface area is 73.3 Å². The highest BCUT2D eigenvalue weighted by Gasteiger charge is 2.00. The summed E-state index contributed by atoms with van der Waals surface area (Å²) >= 11 is 0. The van der Waals surface area contributed by atoms with E-state index < -0.39 is 0 Å². The van der Waals surface area contributed by atoms with Gasteiger partial charge in [0.05, 0.1) is 6.61 Å². The van der Waals surface area contributed by atoms with Gasteiger partial charge in [0.2, 0.25) is 0 Å². The van der Waals surface area contributed by atoms with Gasteiger partial charge < -0.3 is 10.5 Å². The maximum atomic E-state index is 5.81. The molecule has 0 saturated carbocycles. The average Bonchev–Trinajstić information content (AvgIpc) is 2.01. The van der Waals surface area contributed by atoms with E-state index in [4.69, 9.17) is 10.5 Å². The molecule has 0 fully saturated rings. The molecule has 1 aromatic rings. The molecule has 2 nitrogen and oxygen atoms in total. The molecule has 2 heteroatoms. The van der Waals surface area contributed by atoms with E-state index in [9.17, 15) is 0 Å². The molecule has 1 rings (SSSR count). The van der Waals surface area contributed by atoms with Gasteiger partial charge in [0, 0.05) is 12.8 Å². The second-order valence-electron chi connectivity index (χ2n) is 3.08. The first-order valence-corrected chi connectivity index (χ1v) is 3.99. The number of methoxy groups -OCH3 is 1. The van der Waals surface area contributed by atoms with Crippen LogP contribution in [0.25, 0.3) is 0 Å². The lowest BCUT2D eigenvalue weighted by molar-refractivity contribution is 0.185. The molecule has 12 heavy (non-hydrogen) atoms. The number of aryl methyl sites for hydroxylation is 2. The van der Waals surface area contributed by atoms with Gasteiger partial charge in [-0.25, -0.2) is 0 Å². The first-order valence-electron chi connectivity index (χ1n) is 3.99. The lowest BCUT2D eigenvalue weighted by Crippen LogP contribution is -1.96. The normalized spacial score (nSPS) is 10.2. The Bertz CT molecular complexity index is 258. The third-order valence-corrected chi connectivity index (χ3v) is 1.96. The molecule has 0 unspecified atom stereocenters. The van der Waals surface area contributed by atoms with Gasteiger partial charge >= 0.3 is 0 Å². The van der Waals surface area contributed by atoms with Crippen molar-refractivity contribution in [2.24, 2.45) is 0 Å². The first kappa shape index (κ1) is 9.07. The minimum atomic E-state index is 0.655. The smallest absolute Gasteiger partial charge is 0.0713 e. The van der Waals surface area contributed by atoms with Crippen molar-refractivity contribution in [1.29, 1.82) is 0 Å². The van der Waals surface area contributed by atoms with Crippen molar-refractivity contribution in [2.45, 2.75) is 20.5 Å². The molecule has 0 aliphatic carbocycles. The molecule has 0 aliphatic rings. The summed E-state index contributed by atoms with van der Waals surface area (Å²) < 4.78 is 5.04. The van der Waals surface area contributed by atoms with Crippen LogP contribution >= 0.6 is 0 Å². The second-order valence-corrected chi connectivity index (χ2v) is 3.08. The minimum absolute atomic E-state index is 0.655. The van der Waals surface area contributed by atoms with Crippen molar-refractivity contribution in [3.63, 3.8) is 0 Å². The fourth-order valence-corrected chi connectivity index (χ4v) is 1.31.